The van der Waals surface area contributed by atoms with Gasteiger partial charge in [0, 0.05) is 0 Å². The minimum absolute atomic E-state index is 0.0492. The first-order valence-corrected chi connectivity index (χ1v) is 7.78. The Kier molecular flexibility index (Phi) is 4.19. The number of methoxy groups -OCH3 is 1. The summed E-state index contributed by atoms with van der Waals surface area (Å²) in [6.45, 7) is 0. The van der Waals surface area contributed by atoms with E-state index < -0.39 is 11.8 Å². The van der Waals surface area contributed by atoms with Crippen LogP contribution in [-0.4, -0.2) is 18.9 Å². The summed E-state index contributed by atoms with van der Waals surface area (Å²) in [4.78, 5) is 26.2. The first kappa shape index (κ1) is 16.4. The summed E-state index contributed by atoms with van der Waals surface area (Å²) >= 11 is 24.1. The number of amides is 2. The Morgan fingerprint density at radius 2 is 1.22 bits per heavy atom. The summed E-state index contributed by atoms with van der Waals surface area (Å²) in [5.41, 5.74) is 0.259. The van der Waals surface area contributed by atoms with Gasteiger partial charge in [0.25, 0.3) is 11.8 Å². The zero-order valence-corrected chi connectivity index (χ0v) is 14.5. The van der Waals surface area contributed by atoms with Gasteiger partial charge >= 0.3 is 0 Å². The first-order chi connectivity index (χ1) is 10.9. The number of anilines is 1. The Bertz CT molecular complexity index is 802. The van der Waals surface area contributed by atoms with Crippen molar-refractivity contribution in [2.45, 2.75) is 0 Å². The van der Waals surface area contributed by atoms with Crippen molar-refractivity contribution >= 4 is 63.9 Å². The number of imide groups is 1. The van der Waals surface area contributed by atoms with Gasteiger partial charge in [0.1, 0.15) is 5.75 Å². The molecule has 2 aromatic rings. The number of benzene rings is 2. The van der Waals surface area contributed by atoms with E-state index in [0.717, 1.165) is 4.90 Å². The second-order valence-electron chi connectivity index (χ2n) is 4.65. The van der Waals surface area contributed by atoms with E-state index in [1.807, 2.05) is 0 Å². The van der Waals surface area contributed by atoms with Gasteiger partial charge in [-0.3, -0.25) is 9.59 Å². The topological polar surface area (TPSA) is 46.6 Å². The van der Waals surface area contributed by atoms with Crippen LogP contribution in [-0.2, 0) is 0 Å². The molecule has 0 N–H and O–H groups in total. The van der Waals surface area contributed by atoms with Gasteiger partial charge in [-0.2, -0.15) is 0 Å². The molecule has 23 heavy (non-hydrogen) atoms. The lowest BCUT2D eigenvalue weighted by Gasteiger charge is -2.14. The highest BCUT2D eigenvalue weighted by molar-refractivity contribution is 6.56. The number of hydrogen-bond donors (Lipinski definition) is 0. The molecule has 0 saturated heterocycles. The first-order valence-electron chi connectivity index (χ1n) is 6.27. The average Bonchev–Trinajstić information content (AvgIpc) is 2.82. The third-order valence-corrected chi connectivity index (χ3v) is 5.23. The van der Waals surface area contributed by atoms with E-state index in [9.17, 15) is 9.59 Å². The minimum atomic E-state index is -0.611. The minimum Gasteiger partial charge on any atom is -0.497 e. The summed E-state index contributed by atoms with van der Waals surface area (Å²) < 4.78 is 5.05. The molecule has 1 aliphatic heterocycles. The van der Waals surface area contributed by atoms with E-state index in [1.54, 1.807) is 24.3 Å². The largest absolute Gasteiger partial charge is 0.497 e. The average molecular weight is 391 g/mol. The normalized spacial score (nSPS) is 13.5. The molecule has 0 radical (unpaired) electrons. The fraction of sp³-hybridized carbons (Fsp3) is 0.0667. The molecular formula is C15H7Cl4NO3. The van der Waals surface area contributed by atoms with Crippen LogP contribution in [0, 0.1) is 0 Å². The van der Waals surface area contributed by atoms with Crippen LogP contribution >= 0.6 is 46.4 Å². The maximum Gasteiger partial charge on any atom is 0.267 e. The highest BCUT2D eigenvalue weighted by atomic mass is 35.5. The molecule has 2 amide bonds. The Labute approximate surface area is 151 Å². The molecule has 0 atom stereocenters. The van der Waals surface area contributed by atoms with Crippen LogP contribution in [0.4, 0.5) is 5.69 Å². The molecule has 0 bridgehead atoms. The molecule has 0 unspecified atom stereocenters. The lowest BCUT2D eigenvalue weighted by atomic mass is 10.1. The van der Waals surface area contributed by atoms with E-state index in [2.05, 4.69) is 0 Å². The predicted octanol–water partition coefficient (Wildman–Crippen LogP) is 5.11. The molecule has 8 heteroatoms. The Hall–Kier alpha value is -1.46. The van der Waals surface area contributed by atoms with E-state index in [1.165, 1.54) is 7.11 Å². The highest BCUT2D eigenvalue weighted by Crippen LogP contribution is 2.45. The van der Waals surface area contributed by atoms with Crippen LogP contribution in [0.5, 0.6) is 5.75 Å². The highest BCUT2D eigenvalue weighted by Gasteiger charge is 2.42. The quantitative estimate of drug-likeness (QED) is 0.406. The van der Waals surface area contributed by atoms with Crippen molar-refractivity contribution < 1.29 is 14.3 Å². The van der Waals surface area contributed by atoms with Gasteiger partial charge in [-0.15, -0.1) is 0 Å². The van der Waals surface area contributed by atoms with Crippen LogP contribution in [0.25, 0.3) is 0 Å². The summed E-state index contributed by atoms with van der Waals surface area (Å²) in [5.74, 6) is -0.631. The van der Waals surface area contributed by atoms with Crippen LogP contribution in [0.15, 0.2) is 24.3 Å². The van der Waals surface area contributed by atoms with Gasteiger partial charge in [0.15, 0.2) is 0 Å². The lowest BCUT2D eigenvalue weighted by Crippen LogP contribution is -2.29. The number of carbonyl (C=O) groups is 2. The number of rotatable bonds is 2. The van der Waals surface area contributed by atoms with E-state index in [4.69, 9.17) is 51.1 Å². The second kappa shape index (κ2) is 5.87. The van der Waals surface area contributed by atoms with Crippen molar-refractivity contribution in [3.8, 4) is 5.75 Å². The molecule has 3 rings (SSSR count). The van der Waals surface area contributed by atoms with Gasteiger partial charge in [-0.1, -0.05) is 46.4 Å². The molecule has 0 saturated carbocycles. The molecule has 0 aliphatic carbocycles. The van der Waals surface area contributed by atoms with E-state index >= 15 is 0 Å². The molecule has 0 aromatic heterocycles. The molecule has 4 nitrogen and oxygen atoms in total. The fourth-order valence-corrected chi connectivity index (χ4v) is 3.33. The molecular weight excluding hydrogens is 384 g/mol. The van der Waals surface area contributed by atoms with Crippen LogP contribution in [0.2, 0.25) is 20.1 Å². The van der Waals surface area contributed by atoms with E-state index in [-0.39, 0.29) is 31.2 Å². The summed E-state index contributed by atoms with van der Waals surface area (Å²) in [7, 11) is 1.51. The maximum absolute atomic E-state index is 12.6. The van der Waals surface area contributed by atoms with Gasteiger partial charge in [-0.05, 0) is 24.3 Å². The van der Waals surface area contributed by atoms with Crippen LogP contribution in [0.3, 0.4) is 0 Å². The number of carbonyl (C=O) groups excluding carboxylic acids is 2. The maximum atomic E-state index is 12.6. The zero-order valence-electron chi connectivity index (χ0n) is 11.5. The molecule has 118 valence electrons. The van der Waals surface area contributed by atoms with Gasteiger partial charge in [0.2, 0.25) is 0 Å². The van der Waals surface area contributed by atoms with Crippen molar-refractivity contribution in [3.63, 3.8) is 0 Å². The van der Waals surface area contributed by atoms with Crippen molar-refractivity contribution in [2.24, 2.45) is 0 Å². The van der Waals surface area contributed by atoms with Gasteiger partial charge < -0.3 is 4.74 Å². The number of hydrogen-bond acceptors (Lipinski definition) is 3. The number of ether oxygens (including phenoxy) is 1. The Balaban J connectivity index is 2.17. The SMILES string of the molecule is COc1ccc(N2C(=O)c3c(Cl)c(Cl)c(Cl)c(Cl)c3C2=O)cc1. The molecule has 1 heterocycles. The summed E-state index contributed by atoms with van der Waals surface area (Å²) in [5, 5.41) is -0.305. The molecule has 1 aliphatic rings. The predicted molar refractivity (Wildman–Crippen MR) is 90.6 cm³/mol. The summed E-state index contributed by atoms with van der Waals surface area (Å²) in [6, 6.07) is 6.40. The van der Waals surface area contributed by atoms with Crippen molar-refractivity contribution in [2.75, 3.05) is 12.0 Å². The zero-order chi connectivity index (χ0) is 16.9. The van der Waals surface area contributed by atoms with Crippen molar-refractivity contribution in [1.29, 1.82) is 0 Å². The Morgan fingerprint density at radius 1 is 0.783 bits per heavy atom. The lowest BCUT2D eigenvalue weighted by molar-refractivity contribution is 0.0926. The van der Waals surface area contributed by atoms with Gasteiger partial charge in [0.05, 0.1) is 44.0 Å². The molecule has 0 fully saturated rings. The number of nitrogens with zero attached hydrogens (tertiary/aromatic N) is 1. The van der Waals surface area contributed by atoms with Crippen molar-refractivity contribution in [3.05, 3.63) is 55.5 Å². The summed E-state index contributed by atoms with van der Waals surface area (Å²) in [6.07, 6.45) is 0. The standard InChI is InChI=1S/C15H7Cl4NO3/c1-23-7-4-2-6(3-5-7)20-14(21)8-9(15(20)22)11(17)13(19)12(18)10(8)16/h2-5H,1H3. The molecule has 2 aromatic carbocycles. The van der Waals surface area contributed by atoms with E-state index in [0.29, 0.717) is 11.4 Å². The second-order valence-corrected chi connectivity index (χ2v) is 6.16. The molecule has 0 spiro atoms. The third kappa shape index (κ3) is 2.37. The van der Waals surface area contributed by atoms with Gasteiger partial charge in [-0.25, -0.2) is 4.90 Å². The smallest absolute Gasteiger partial charge is 0.267 e. The van der Waals surface area contributed by atoms with Crippen LogP contribution < -0.4 is 9.64 Å². The fourth-order valence-electron chi connectivity index (χ4n) is 2.31. The third-order valence-electron chi connectivity index (χ3n) is 3.43. The Morgan fingerprint density at radius 3 is 1.61 bits per heavy atom. The number of fused-ring (bicyclic) bond motifs is 1. The van der Waals surface area contributed by atoms with Crippen LogP contribution in [0.1, 0.15) is 20.7 Å². The van der Waals surface area contributed by atoms with Crippen molar-refractivity contribution in [1.82, 2.24) is 0 Å². The monoisotopic (exact) mass is 389 g/mol. The number of halogens is 4.